The number of unbranched alkanes of at least 4 members (excludes halogenated alkanes) is 1. The van der Waals surface area contributed by atoms with Crippen LogP contribution in [0.15, 0.2) is 78.9 Å². The summed E-state index contributed by atoms with van der Waals surface area (Å²) in [7, 11) is 0. The summed E-state index contributed by atoms with van der Waals surface area (Å²) in [5.74, 6) is -2.05. The van der Waals surface area contributed by atoms with E-state index >= 15 is 0 Å². The number of halogens is 2. The predicted molar refractivity (Wildman–Crippen MR) is 144 cm³/mol. The normalized spacial score (nSPS) is 10.7. The molecular weight excluding hydrogens is 488 g/mol. The average Bonchev–Trinajstić information content (AvgIpc) is 3.33. The highest BCUT2D eigenvalue weighted by molar-refractivity contribution is 5.97. The SMILES string of the molecule is CCCCN(CC(=O)Nc1cc(-c2ccccc2)nn1-c1ccc(C)cc1)C(=O)Nc1ccc(F)c(F)c1. The van der Waals surface area contributed by atoms with Crippen LogP contribution in [0.2, 0.25) is 0 Å². The Kier molecular flexibility index (Phi) is 8.47. The van der Waals surface area contributed by atoms with Gasteiger partial charge in [0, 0.05) is 29.9 Å². The quantitative estimate of drug-likeness (QED) is 0.270. The van der Waals surface area contributed by atoms with Gasteiger partial charge < -0.3 is 15.5 Å². The Morgan fingerprint density at radius 1 is 0.921 bits per heavy atom. The monoisotopic (exact) mass is 517 g/mol. The molecule has 0 saturated heterocycles. The molecule has 0 aliphatic carbocycles. The number of anilines is 2. The number of urea groups is 1. The Morgan fingerprint density at radius 2 is 1.66 bits per heavy atom. The van der Waals surface area contributed by atoms with Gasteiger partial charge in [0.25, 0.3) is 0 Å². The third-order valence-corrected chi connectivity index (χ3v) is 5.90. The van der Waals surface area contributed by atoms with Crippen molar-refractivity contribution in [2.75, 3.05) is 23.7 Å². The van der Waals surface area contributed by atoms with Gasteiger partial charge in [0.2, 0.25) is 5.91 Å². The van der Waals surface area contributed by atoms with Crippen molar-refractivity contribution in [1.82, 2.24) is 14.7 Å². The summed E-state index contributed by atoms with van der Waals surface area (Å²) < 4.78 is 28.5. The molecular formula is C29H29F2N5O2. The zero-order valence-electron chi connectivity index (χ0n) is 21.2. The lowest BCUT2D eigenvalue weighted by atomic mass is 10.1. The molecule has 0 spiro atoms. The molecule has 0 bridgehead atoms. The molecule has 9 heteroatoms. The third-order valence-electron chi connectivity index (χ3n) is 5.90. The second-order valence-corrected chi connectivity index (χ2v) is 8.91. The fraction of sp³-hybridized carbons (Fsp3) is 0.207. The van der Waals surface area contributed by atoms with Gasteiger partial charge in [0.1, 0.15) is 12.4 Å². The first-order valence-corrected chi connectivity index (χ1v) is 12.4. The Hall–Kier alpha value is -4.53. The van der Waals surface area contributed by atoms with Crippen molar-refractivity contribution >= 4 is 23.4 Å². The highest BCUT2D eigenvalue weighted by Gasteiger charge is 2.20. The maximum atomic E-state index is 13.6. The first kappa shape index (κ1) is 26.5. The van der Waals surface area contributed by atoms with Crippen LogP contribution in [-0.4, -0.2) is 39.7 Å². The average molecular weight is 518 g/mol. The molecule has 196 valence electrons. The van der Waals surface area contributed by atoms with E-state index in [1.165, 1.54) is 11.0 Å². The fourth-order valence-electron chi connectivity index (χ4n) is 3.84. The number of carbonyl (C=O) groups is 2. The number of benzene rings is 3. The number of amides is 3. The lowest BCUT2D eigenvalue weighted by Crippen LogP contribution is -2.41. The van der Waals surface area contributed by atoms with Crippen molar-refractivity contribution in [2.45, 2.75) is 26.7 Å². The smallest absolute Gasteiger partial charge is 0.315 e. The number of hydrogen-bond acceptors (Lipinski definition) is 3. The fourth-order valence-corrected chi connectivity index (χ4v) is 3.84. The van der Waals surface area contributed by atoms with Crippen LogP contribution in [0, 0.1) is 18.6 Å². The lowest BCUT2D eigenvalue weighted by molar-refractivity contribution is -0.116. The first-order chi connectivity index (χ1) is 18.3. The molecule has 1 aromatic heterocycles. The number of nitrogens with one attached hydrogen (secondary N) is 2. The lowest BCUT2D eigenvalue weighted by Gasteiger charge is -2.22. The van der Waals surface area contributed by atoms with Crippen molar-refractivity contribution in [2.24, 2.45) is 0 Å². The van der Waals surface area contributed by atoms with Gasteiger partial charge in [-0.05, 0) is 37.6 Å². The molecule has 3 amide bonds. The maximum Gasteiger partial charge on any atom is 0.322 e. The highest BCUT2D eigenvalue weighted by atomic mass is 19.2. The molecule has 0 saturated carbocycles. The molecule has 7 nitrogen and oxygen atoms in total. The van der Waals surface area contributed by atoms with Crippen LogP contribution in [0.25, 0.3) is 16.9 Å². The Bertz CT molecular complexity index is 1400. The van der Waals surface area contributed by atoms with E-state index in [0.717, 1.165) is 35.4 Å². The molecule has 0 aliphatic heterocycles. The van der Waals surface area contributed by atoms with E-state index in [4.69, 9.17) is 5.10 Å². The molecule has 1 heterocycles. The molecule has 2 N–H and O–H groups in total. The van der Waals surface area contributed by atoms with Gasteiger partial charge in [-0.25, -0.2) is 18.3 Å². The number of rotatable bonds is 9. The minimum absolute atomic E-state index is 0.0979. The Labute approximate surface area is 220 Å². The van der Waals surface area contributed by atoms with E-state index in [2.05, 4.69) is 10.6 Å². The summed E-state index contributed by atoms with van der Waals surface area (Å²) in [5, 5.41) is 10.1. The van der Waals surface area contributed by atoms with Gasteiger partial charge in [-0.2, -0.15) is 5.10 Å². The Balaban J connectivity index is 1.55. The number of hydrogen-bond donors (Lipinski definition) is 2. The van der Waals surface area contributed by atoms with Gasteiger partial charge in [0.15, 0.2) is 11.6 Å². The third kappa shape index (κ3) is 6.61. The first-order valence-electron chi connectivity index (χ1n) is 12.4. The van der Waals surface area contributed by atoms with Crippen LogP contribution in [0.5, 0.6) is 0 Å². The molecule has 0 aliphatic rings. The molecule has 0 fully saturated rings. The minimum atomic E-state index is -1.07. The number of aromatic nitrogens is 2. The predicted octanol–water partition coefficient (Wildman–Crippen LogP) is 6.40. The van der Waals surface area contributed by atoms with E-state index in [1.807, 2.05) is 68.4 Å². The molecule has 38 heavy (non-hydrogen) atoms. The summed E-state index contributed by atoms with van der Waals surface area (Å²) in [4.78, 5) is 27.4. The minimum Gasteiger partial charge on any atom is -0.315 e. The molecule has 4 rings (SSSR count). The largest absolute Gasteiger partial charge is 0.322 e. The summed E-state index contributed by atoms with van der Waals surface area (Å²) in [6.07, 6.45) is 1.47. The van der Waals surface area contributed by atoms with Gasteiger partial charge in [-0.15, -0.1) is 0 Å². The molecule has 0 atom stereocenters. The van der Waals surface area contributed by atoms with Crippen molar-refractivity contribution in [3.8, 4) is 16.9 Å². The second-order valence-electron chi connectivity index (χ2n) is 8.91. The van der Waals surface area contributed by atoms with Crippen molar-refractivity contribution in [3.63, 3.8) is 0 Å². The number of nitrogens with zero attached hydrogens (tertiary/aromatic N) is 3. The van der Waals surface area contributed by atoms with E-state index < -0.39 is 23.6 Å². The second kappa shape index (κ2) is 12.1. The zero-order chi connectivity index (χ0) is 27.1. The molecule has 0 unspecified atom stereocenters. The van der Waals surface area contributed by atoms with Gasteiger partial charge in [-0.3, -0.25) is 4.79 Å². The van der Waals surface area contributed by atoms with E-state index in [1.54, 1.807) is 10.7 Å². The molecule has 0 radical (unpaired) electrons. The summed E-state index contributed by atoms with van der Waals surface area (Å²) in [6, 6.07) is 21.6. The van der Waals surface area contributed by atoms with E-state index in [0.29, 0.717) is 24.5 Å². The standard InChI is InChI=1S/C29H29F2N5O2/c1-3-4-16-35(29(38)32-22-12-15-24(30)25(31)17-22)19-28(37)33-27-18-26(21-8-6-5-7-9-21)34-36(27)23-13-10-20(2)11-14-23/h5-15,17-18H,3-4,16,19H2,1-2H3,(H,32,38)(H,33,37). The van der Waals surface area contributed by atoms with Crippen LogP contribution in [0.1, 0.15) is 25.3 Å². The van der Waals surface area contributed by atoms with Crippen molar-refractivity contribution in [3.05, 3.63) is 96.1 Å². The van der Waals surface area contributed by atoms with Crippen molar-refractivity contribution < 1.29 is 18.4 Å². The van der Waals surface area contributed by atoms with Crippen LogP contribution in [0.3, 0.4) is 0 Å². The van der Waals surface area contributed by atoms with E-state index in [9.17, 15) is 18.4 Å². The summed E-state index contributed by atoms with van der Waals surface area (Å²) in [5.41, 5.74) is 3.53. The molecule has 3 aromatic carbocycles. The van der Waals surface area contributed by atoms with Gasteiger partial charge in [-0.1, -0.05) is 61.4 Å². The van der Waals surface area contributed by atoms with Gasteiger partial charge in [0.05, 0.1) is 11.4 Å². The summed E-state index contributed by atoms with van der Waals surface area (Å²) >= 11 is 0. The molecule has 4 aromatic rings. The van der Waals surface area contributed by atoms with E-state index in [-0.39, 0.29) is 12.2 Å². The topological polar surface area (TPSA) is 79.3 Å². The number of aryl methyl sites for hydroxylation is 1. The number of carbonyl (C=O) groups excluding carboxylic acids is 2. The zero-order valence-corrected chi connectivity index (χ0v) is 21.2. The van der Waals surface area contributed by atoms with Crippen molar-refractivity contribution in [1.29, 1.82) is 0 Å². The van der Waals surface area contributed by atoms with Crippen LogP contribution >= 0.6 is 0 Å². The van der Waals surface area contributed by atoms with Gasteiger partial charge >= 0.3 is 6.03 Å². The van der Waals surface area contributed by atoms with Crippen LogP contribution < -0.4 is 10.6 Å². The Morgan fingerprint density at radius 3 is 2.34 bits per heavy atom. The summed E-state index contributed by atoms with van der Waals surface area (Å²) in [6.45, 7) is 4.03. The maximum absolute atomic E-state index is 13.6. The highest BCUT2D eigenvalue weighted by Crippen LogP contribution is 2.25. The van der Waals surface area contributed by atoms with Crippen LogP contribution in [0.4, 0.5) is 25.1 Å². The van der Waals surface area contributed by atoms with Crippen LogP contribution in [-0.2, 0) is 4.79 Å².